The van der Waals surface area contributed by atoms with Crippen LogP contribution in [-0.2, 0) is 20.6 Å². The lowest BCUT2D eigenvalue weighted by Crippen LogP contribution is -2.30. The second kappa shape index (κ2) is 5.43. The van der Waals surface area contributed by atoms with Gasteiger partial charge in [0.2, 0.25) is 10.0 Å². The fourth-order valence-corrected chi connectivity index (χ4v) is 2.19. The van der Waals surface area contributed by atoms with Crippen molar-refractivity contribution in [1.29, 1.82) is 5.26 Å². The summed E-state index contributed by atoms with van der Waals surface area (Å²) in [6.45, 7) is -0.640. The highest BCUT2D eigenvalue weighted by atomic mass is 32.2. The molecule has 1 rings (SSSR count). The van der Waals surface area contributed by atoms with Gasteiger partial charge in [0.05, 0.1) is 17.4 Å². The Labute approximate surface area is 98.6 Å². The topological polar surface area (TPSA) is 107 Å². The van der Waals surface area contributed by atoms with Gasteiger partial charge in [-0.15, -0.1) is 0 Å². The van der Waals surface area contributed by atoms with Gasteiger partial charge in [-0.1, -0.05) is 12.1 Å². The molecule has 0 saturated carbocycles. The van der Waals surface area contributed by atoms with Crippen LogP contribution in [0.1, 0.15) is 11.1 Å². The summed E-state index contributed by atoms with van der Waals surface area (Å²) < 4.78 is 24.8. The Hall–Kier alpha value is -1.91. The zero-order chi connectivity index (χ0) is 12.9. The largest absolute Gasteiger partial charge is 0.480 e. The molecule has 0 atom stereocenters. The average Bonchev–Trinajstić information content (AvgIpc) is 2.27. The van der Waals surface area contributed by atoms with E-state index >= 15 is 0 Å². The van der Waals surface area contributed by atoms with Crippen LogP contribution in [0.15, 0.2) is 24.3 Å². The molecule has 0 fully saturated rings. The molecule has 90 valence electrons. The molecule has 0 unspecified atom stereocenters. The molecule has 0 radical (unpaired) electrons. The lowest BCUT2D eigenvalue weighted by Gasteiger charge is -2.04. The monoisotopic (exact) mass is 254 g/mol. The van der Waals surface area contributed by atoms with Gasteiger partial charge >= 0.3 is 5.97 Å². The zero-order valence-electron chi connectivity index (χ0n) is 8.75. The van der Waals surface area contributed by atoms with Gasteiger partial charge in [0.25, 0.3) is 0 Å². The maximum Gasteiger partial charge on any atom is 0.318 e. The van der Waals surface area contributed by atoms with E-state index in [1.165, 1.54) is 24.3 Å². The molecule has 0 aromatic heterocycles. The number of nitrogens with one attached hydrogen (secondary N) is 1. The number of hydrogen-bond acceptors (Lipinski definition) is 4. The van der Waals surface area contributed by atoms with Crippen LogP contribution in [0.2, 0.25) is 0 Å². The molecule has 1 aromatic rings. The normalized spacial score (nSPS) is 10.8. The molecule has 0 aliphatic heterocycles. The molecule has 0 aliphatic carbocycles. The molecule has 6 nitrogen and oxygen atoms in total. The molecule has 0 amide bonds. The zero-order valence-corrected chi connectivity index (χ0v) is 9.57. The van der Waals surface area contributed by atoms with Crippen molar-refractivity contribution in [2.45, 2.75) is 5.75 Å². The Morgan fingerprint density at radius 1 is 1.35 bits per heavy atom. The second-order valence-corrected chi connectivity index (χ2v) is 5.09. The number of rotatable bonds is 5. The van der Waals surface area contributed by atoms with Gasteiger partial charge in [0, 0.05) is 0 Å². The lowest BCUT2D eigenvalue weighted by atomic mass is 10.2. The molecule has 1 aromatic carbocycles. The smallest absolute Gasteiger partial charge is 0.318 e. The number of nitrogens with zero attached hydrogens (tertiary/aromatic N) is 1. The van der Waals surface area contributed by atoms with Crippen LogP contribution in [0.4, 0.5) is 0 Å². The summed E-state index contributed by atoms with van der Waals surface area (Å²) in [6.07, 6.45) is 0. The highest BCUT2D eigenvalue weighted by Crippen LogP contribution is 2.06. The van der Waals surface area contributed by atoms with E-state index in [4.69, 9.17) is 10.4 Å². The van der Waals surface area contributed by atoms with Gasteiger partial charge in [0.1, 0.15) is 6.54 Å². The summed E-state index contributed by atoms with van der Waals surface area (Å²) in [5, 5.41) is 16.9. The first-order chi connectivity index (χ1) is 7.93. The predicted octanol–water partition coefficient (Wildman–Crippen LogP) is 0.0623. The molecule has 7 heteroatoms. The van der Waals surface area contributed by atoms with Gasteiger partial charge in [-0.3, -0.25) is 4.79 Å². The third-order valence-electron chi connectivity index (χ3n) is 1.88. The van der Waals surface area contributed by atoms with Crippen molar-refractivity contribution in [2.24, 2.45) is 0 Å². The summed E-state index contributed by atoms with van der Waals surface area (Å²) in [7, 11) is -3.66. The fraction of sp³-hybridized carbons (Fsp3) is 0.200. The van der Waals surface area contributed by atoms with Crippen LogP contribution in [0.25, 0.3) is 0 Å². The Bertz CT molecular complexity index is 543. The predicted molar refractivity (Wildman–Crippen MR) is 59.4 cm³/mol. The van der Waals surface area contributed by atoms with Crippen LogP contribution in [-0.4, -0.2) is 26.0 Å². The number of sulfonamides is 1. The second-order valence-electron chi connectivity index (χ2n) is 3.28. The van der Waals surface area contributed by atoms with Gasteiger partial charge in [-0.05, 0) is 17.7 Å². The number of aliphatic carboxylic acids is 1. The van der Waals surface area contributed by atoms with E-state index in [0.29, 0.717) is 11.1 Å². The van der Waals surface area contributed by atoms with E-state index in [1.807, 2.05) is 10.8 Å². The van der Waals surface area contributed by atoms with Crippen molar-refractivity contribution < 1.29 is 18.3 Å². The minimum Gasteiger partial charge on any atom is -0.480 e. The molecule has 0 saturated heterocycles. The van der Waals surface area contributed by atoms with Crippen molar-refractivity contribution in [3.05, 3.63) is 35.4 Å². The van der Waals surface area contributed by atoms with Gasteiger partial charge in [0.15, 0.2) is 0 Å². The number of carbonyl (C=O) groups is 1. The average molecular weight is 254 g/mol. The molecular weight excluding hydrogens is 244 g/mol. The number of hydrogen-bond donors (Lipinski definition) is 2. The van der Waals surface area contributed by atoms with Crippen LogP contribution >= 0.6 is 0 Å². The molecule has 17 heavy (non-hydrogen) atoms. The third-order valence-corrected chi connectivity index (χ3v) is 3.18. The molecule has 0 spiro atoms. The van der Waals surface area contributed by atoms with Crippen molar-refractivity contribution >= 4 is 16.0 Å². The minimum absolute atomic E-state index is 0.314. The first kappa shape index (κ1) is 13.2. The van der Waals surface area contributed by atoms with Crippen molar-refractivity contribution in [3.63, 3.8) is 0 Å². The Morgan fingerprint density at radius 2 is 1.94 bits per heavy atom. The van der Waals surface area contributed by atoms with Crippen LogP contribution in [0, 0.1) is 11.3 Å². The summed E-state index contributed by atoms with van der Waals surface area (Å²) in [4.78, 5) is 10.2. The van der Waals surface area contributed by atoms with Crippen LogP contribution < -0.4 is 4.72 Å². The van der Waals surface area contributed by atoms with Gasteiger partial charge in [-0.25, -0.2) is 13.1 Å². The van der Waals surface area contributed by atoms with E-state index in [2.05, 4.69) is 0 Å². The Kier molecular flexibility index (Phi) is 4.20. The first-order valence-corrected chi connectivity index (χ1v) is 6.26. The van der Waals surface area contributed by atoms with E-state index in [0.717, 1.165) is 0 Å². The third kappa shape index (κ3) is 4.63. The van der Waals surface area contributed by atoms with Gasteiger partial charge < -0.3 is 5.11 Å². The summed E-state index contributed by atoms with van der Waals surface area (Å²) in [5.41, 5.74) is 0.923. The van der Waals surface area contributed by atoms with E-state index in [9.17, 15) is 13.2 Å². The molecule has 0 heterocycles. The lowest BCUT2D eigenvalue weighted by molar-refractivity contribution is -0.135. The highest BCUT2D eigenvalue weighted by molar-refractivity contribution is 7.88. The number of nitriles is 1. The summed E-state index contributed by atoms with van der Waals surface area (Å²) in [5.74, 6) is -1.56. The Balaban J connectivity index is 2.70. The number of benzene rings is 1. The molecule has 0 bridgehead atoms. The van der Waals surface area contributed by atoms with E-state index < -0.39 is 22.5 Å². The first-order valence-electron chi connectivity index (χ1n) is 4.61. The number of carboxylic acid groups (broad SMARTS) is 1. The number of carboxylic acids is 1. The van der Waals surface area contributed by atoms with Crippen molar-refractivity contribution in [3.8, 4) is 6.07 Å². The Morgan fingerprint density at radius 3 is 2.41 bits per heavy atom. The fourth-order valence-electron chi connectivity index (χ4n) is 1.12. The van der Waals surface area contributed by atoms with E-state index in [-0.39, 0.29) is 5.75 Å². The molecular formula is C10H10N2O4S. The van der Waals surface area contributed by atoms with E-state index in [1.54, 1.807) is 0 Å². The van der Waals surface area contributed by atoms with Crippen LogP contribution in [0.5, 0.6) is 0 Å². The standard InChI is InChI=1S/C10H10N2O4S/c11-5-8-1-3-9(4-2-8)7-17(15,16)12-6-10(13)14/h1-4,12H,6-7H2,(H,13,14). The molecule has 2 N–H and O–H groups in total. The highest BCUT2D eigenvalue weighted by Gasteiger charge is 2.12. The maximum absolute atomic E-state index is 11.4. The maximum atomic E-state index is 11.4. The summed E-state index contributed by atoms with van der Waals surface area (Å²) >= 11 is 0. The SMILES string of the molecule is N#Cc1ccc(CS(=O)(=O)NCC(=O)O)cc1. The summed E-state index contributed by atoms with van der Waals surface area (Å²) in [6, 6.07) is 7.94. The van der Waals surface area contributed by atoms with Crippen molar-refractivity contribution in [2.75, 3.05) is 6.54 Å². The van der Waals surface area contributed by atoms with Crippen LogP contribution in [0.3, 0.4) is 0 Å². The molecule has 0 aliphatic rings. The van der Waals surface area contributed by atoms with Crippen molar-refractivity contribution in [1.82, 2.24) is 4.72 Å². The minimum atomic E-state index is -3.66. The van der Waals surface area contributed by atoms with Gasteiger partial charge in [-0.2, -0.15) is 5.26 Å². The quantitative estimate of drug-likeness (QED) is 0.772.